The van der Waals surface area contributed by atoms with E-state index in [0.717, 1.165) is 0 Å². The van der Waals surface area contributed by atoms with Crippen LogP contribution in [0.2, 0.25) is 6.55 Å². The van der Waals surface area contributed by atoms with Crippen molar-refractivity contribution in [1.82, 2.24) is 0 Å². The summed E-state index contributed by atoms with van der Waals surface area (Å²) in [5.41, 5.74) is 5.19. The first-order chi connectivity index (χ1) is 20.5. The van der Waals surface area contributed by atoms with Crippen LogP contribution in [0.25, 0.3) is 33.7 Å². The van der Waals surface area contributed by atoms with E-state index in [1.807, 2.05) is 56.8 Å². The zero-order chi connectivity index (χ0) is 30.0. The summed E-state index contributed by atoms with van der Waals surface area (Å²) in [7, 11) is 0.638. The molecule has 0 N–H and O–H groups in total. The van der Waals surface area contributed by atoms with Gasteiger partial charge in [-0.3, -0.25) is 0 Å². The number of hydrogen-bond acceptors (Lipinski definition) is 1. The Labute approximate surface area is 280 Å². The summed E-state index contributed by atoms with van der Waals surface area (Å²) in [4.78, 5) is 0. The van der Waals surface area contributed by atoms with Gasteiger partial charge in [0.25, 0.3) is 0 Å². The fraction of sp³-hybridized carbons (Fsp3) is 0.150. The molecule has 0 saturated heterocycles. The third-order valence-electron chi connectivity index (χ3n) is 6.44. The minimum atomic E-state index is 0. The SMILES string of the molecule is C(C=Cc1ccccc1)=Cc1ccccc1.C[Si]OC(C)C.Cc1c[cH-]c2ccccc12.Cc1c[cH-]c2ccccc12.[Zr+2]. The van der Waals surface area contributed by atoms with Crippen LogP contribution in [-0.4, -0.2) is 15.9 Å². The van der Waals surface area contributed by atoms with E-state index in [9.17, 15) is 0 Å². The Morgan fingerprint density at radius 1 is 0.581 bits per heavy atom. The minimum absolute atomic E-state index is 0. The van der Waals surface area contributed by atoms with Crippen LogP contribution in [0.15, 0.2) is 146 Å². The Morgan fingerprint density at radius 3 is 1.28 bits per heavy atom. The molecule has 6 rings (SSSR count). The van der Waals surface area contributed by atoms with Crippen molar-refractivity contribution in [2.75, 3.05) is 0 Å². The maximum atomic E-state index is 5.07. The van der Waals surface area contributed by atoms with E-state index in [-0.39, 0.29) is 26.2 Å². The Balaban J connectivity index is 0.000000210. The number of benzene rings is 4. The maximum Gasteiger partial charge on any atom is 2.00 e. The molecule has 3 heteroatoms. The maximum absolute atomic E-state index is 5.07. The van der Waals surface area contributed by atoms with E-state index in [1.165, 1.54) is 43.8 Å². The molecule has 1 nitrogen and oxygen atoms in total. The first kappa shape index (κ1) is 35.8. The van der Waals surface area contributed by atoms with Crippen molar-refractivity contribution < 1.29 is 30.6 Å². The smallest absolute Gasteiger partial charge is 0.415 e. The van der Waals surface area contributed by atoms with Crippen molar-refractivity contribution in [2.24, 2.45) is 0 Å². The van der Waals surface area contributed by atoms with E-state index >= 15 is 0 Å². The standard InChI is InChI=1S/C16H14.2C10H9.C4H10OSi.Zr/c1-3-9-15(10-4-1)13-7-8-14-16-11-5-2-6-12-16;2*1-8-6-7-9-4-2-3-5-10(8)9;1-4(2)5-6-3;/h1-14H;2*2-7H,1H3;4H,1-3H3;/q;2*-1;;+2. The molecule has 0 fully saturated rings. The molecule has 0 unspecified atom stereocenters. The van der Waals surface area contributed by atoms with Crippen LogP contribution < -0.4 is 0 Å². The fourth-order valence-corrected chi connectivity index (χ4v) is 4.78. The van der Waals surface area contributed by atoms with E-state index in [4.69, 9.17) is 4.43 Å². The Hall–Kier alpha value is -3.36. The van der Waals surface area contributed by atoms with Gasteiger partial charge in [-0.15, -0.1) is 70.1 Å². The average molecular weight is 658 g/mol. The van der Waals surface area contributed by atoms with Crippen molar-refractivity contribution in [1.29, 1.82) is 0 Å². The van der Waals surface area contributed by atoms with Crippen molar-refractivity contribution in [2.45, 2.75) is 40.3 Å². The van der Waals surface area contributed by atoms with Gasteiger partial charge in [-0.2, -0.15) is 23.3 Å². The zero-order valence-electron chi connectivity index (χ0n) is 26.0. The van der Waals surface area contributed by atoms with Gasteiger partial charge in [0.15, 0.2) is 0 Å². The fourth-order valence-electron chi connectivity index (χ4n) is 4.31. The van der Waals surface area contributed by atoms with Gasteiger partial charge in [-0.1, -0.05) is 111 Å². The van der Waals surface area contributed by atoms with Crippen LogP contribution in [0.4, 0.5) is 0 Å². The normalized spacial score (nSPS) is 10.5. The quantitative estimate of drug-likeness (QED) is 0.102. The minimum Gasteiger partial charge on any atom is -0.415 e. The van der Waals surface area contributed by atoms with Crippen molar-refractivity contribution in [3.8, 4) is 0 Å². The molecule has 0 aliphatic heterocycles. The van der Waals surface area contributed by atoms with E-state index in [2.05, 4.69) is 135 Å². The number of hydrogen-bond donors (Lipinski definition) is 0. The molecule has 6 aromatic carbocycles. The molecule has 6 aromatic rings. The van der Waals surface area contributed by atoms with E-state index < -0.39 is 0 Å². The first-order valence-corrected chi connectivity index (χ1v) is 15.9. The van der Waals surface area contributed by atoms with Gasteiger partial charge in [0.05, 0.1) is 0 Å². The topological polar surface area (TPSA) is 9.23 Å². The molecule has 0 amide bonds. The average Bonchev–Trinajstić information content (AvgIpc) is 3.60. The molecule has 0 aliphatic carbocycles. The summed E-state index contributed by atoms with van der Waals surface area (Å²) in [5, 5.41) is 5.45. The molecule has 216 valence electrons. The van der Waals surface area contributed by atoms with E-state index in [1.54, 1.807) is 0 Å². The van der Waals surface area contributed by atoms with Gasteiger partial charge in [0, 0.05) is 6.10 Å². The molecule has 0 atom stereocenters. The molecule has 0 spiro atoms. The monoisotopic (exact) mass is 656 g/mol. The van der Waals surface area contributed by atoms with Crippen LogP contribution in [0.1, 0.15) is 36.1 Å². The van der Waals surface area contributed by atoms with Gasteiger partial charge >= 0.3 is 26.2 Å². The predicted octanol–water partition coefficient (Wildman–Crippen LogP) is 11.2. The third-order valence-corrected chi connectivity index (χ3v) is 7.15. The van der Waals surface area contributed by atoms with Crippen molar-refractivity contribution >= 4 is 43.5 Å². The molecular weight excluding hydrogens is 616 g/mol. The summed E-state index contributed by atoms with van der Waals surface area (Å²) in [6.45, 7) is 10.4. The molecule has 0 saturated carbocycles. The number of allylic oxidation sites excluding steroid dienone is 2. The largest absolute Gasteiger partial charge is 2.00 e. The van der Waals surface area contributed by atoms with Gasteiger partial charge in [-0.25, -0.2) is 0 Å². The molecule has 43 heavy (non-hydrogen) atoms. The van der Waals surface area contributed by atoms with Crippen LogP contribution in [0.3, 0.4) is 0 Å². The van der Waals surface area contributed by atoms with Gasteiger partial charge in [-0.05, 0) is 31.5 Å². The molecule has 0 aromatic heterocycles. The number of fused-ring (bicyclic) bond motifs is 2. The molecule has 0 heterocycles. The van der Waals surface area contributed by atoms with Crippen molar-refractivity contribution in [3.05, 3.63) is 168 Å². The zero-order valence-corrected chi connectivity index (χ0v) is 29.5. The number of rotatable bonds is 5. The Morgan fingerprint density at radius 2 is 0.953 bits per heavy atom. The second kappa shape index (κ2) is 20.5. The summed E-state index contributed by atoms with van der Waals surface area (Å²) >= 11 is 0. The van der Waals surface area contributed by atoms with Crippen LogP contribution >= 0.6 is 0 Å². The second-order valence-electron chi connectivity index (χ2n) is 10.1. The Kier molecular flexibility index (Phi) is 17.1. The predicted molar refractivity (Wildman–Crippen MR) is 187 cm³/mol. The van der Waals surface area contributed by atoms with E-state index in [0.29, 0.717) is 15.9 Å². The summed E-state index contributed by atoms with van der Waals surface area (Å²) < 4.78 is 5.07. The first-order valence-electron chi connectivity index (χ1n) is 14.5. The van der Waals surface area contributed by atoms with Crippen molar-refractivity contribution in [3.63, 3.8) is 0 Å². The molecule has 2 radical (unpaired) electrons. The van der Waals surface area contributed by atoms with Gasteiger partial charge < -0.3 is 4.43 Å². The molecule has 0 bridgehead atoms. The molecule has 0 aliphatic rings. The van der Waals surface area contributed by atoms with Gasteiger partial charge in [0.1, 0.15) is 0 Å². The summed E-state index contributed by atoms with van der Waals surface area (Å²) in [6, 6.07) is 46.1. The van der Waals surface area contributed by atoms with Crippen LogP contribution in [0.5, 0.6) is 0 Å². The van der Waals surface area contributed by atoms with Crippen LogP contribution in [-0.2, 0) is 30.6 Å². The molecular formula is C40H42OSiZr. The third kappa shape index (κ3) is 13.2. The Bertz CT molecular complexity index is 1510. The van der Waals surface area contributed by atoms with Gasteiger partial charge in [0.2, 0.25) is 9.76 Å². The summed E-state index contributed by atoms with van der Waals surface area (Å²) in [5.74, 6) is 0. The number of aryl methyl sites for hydroxylation is 2. The summed E-state index contributed by atoms with van der Waals surface area (Å²) in [6.07, 6.45) is 8.72. The second-order valence-corrected chi connectivity index (χ2v) is 10.8. The van der Waals surface area contributed by atoms with Crippen LogP contribution in [0, 0.1) is 13.8 Å².